The van der Waals surface area contributed by atoms with Crippen molar-refractivity contribution in [1.29, 1.82) is 0 Å². The monoisotopic (exact) mass is 275 g/mol. The lowest BCUT2D eigenvalue weighted by atomic mass is 9.79. The fourth-order valence-corrected chi connectivity index (χ4v) is 1.67. The Morgan fingerprint density at radius 3 is 2.58 bits per heavy atom. The second kappa shape index (κ2) is 4.97. The second-order valence-electron chi connectivity index (χ2n) is 4.48. The fraction of sp³-hybridized carbons (Fsp3) is 0.600. The van der Waals surface area contributed by atoms with Gasteiger partial charge in [0.05, 0.1) is 12.7 Å². The SMILES string of the molecule is CC1COB(c2cnc(N(C)C)nc2C(F)(F)F)O1. The predicted octanol–water partition coefficient (Wildman–Crippen LogP) is 0.692. The molecule has 1 aromatic heterocycles. The Bertz CT molecular complexity index is 470. The lowest BCUT2D eigenvalue weighted by Crippen LogP contribution is -2.39. The van der Waals surface area contributed by atoms with Crippen LogP contribution >= 0.6 is 0 Å². The predicted molar refractivity (Wildman–Crippen MR) is 63.2 cm³/mol. The van der Waals surface area contributed by atoms with Crippen molar-refractivity contribution in [2.45, 2.75) is 19.2 Å². The van der Waals surface area contributed by atoms with Crippen molar-refractivity contribution < 1.29 is 22.5 Å². The summed E-state index contributed by atoms with van der Waals surface area (Å²) < 4.78 is 49.5. The van der Waals surface area contributed by atoms with E-state index < -0.39 is 19.0 Å². The molecule has 9 heteroatoms. The lowest BCUT2D eigenvalue weighted by Gasteiger charge is -2.16. The molecule has 0 N–H and O–H groups in total. The number of anilines is 1. The van der Waals surface area contributed by atoms with Crippen LogP contribution in [0.5, 0.6) is 0 Å². The van der Waals surface area contributed by atoms with E-state index >= 15 is 0 Å². The molecule has 1 saturated heterocycles. The van der Waals surface area contributed by atoms with Gasteiger partial charge in [0.25, 0.3) is 0 Å². The van der Waals surface area contributed by atoms with Gasteiger partial charge in [-0.1, -0.05) is 0 Å². The Balaban J connectivity index is 2.42. The molecule has 0 spiro atoms. The van der Waals surface area contributed by atoms with E-state index in [4.69, 9.17) is 9.31 Å². The molecule has 1 aliphatic heterocycles. The number of nitrogens with zero attached hydrogens (tertiary/aromatic N) is 3. The summed E-state index contributed by atoms with van der Waals surface area (Å²) in [6, 6.07) is 0. The highest BCUT2D eigenvalue weighted by molar-refractivity contribution is 6.62. The summed E-state index contributed by atoms with van der Waals surface area (Å²) in [5.41, 5.74) is -1.22. The Morgan fingerprint density at radius 2 is 2.11 bits per heavy atom. The van der Waals surface area contributed by atoms with Gasteiger partial charge in [-0.2, -0.15) is 13.2 Å². The van der Waals surface area contributed by atoms with E-state index in [9.17, 15) is 13.2 Å². The van der Waals surface area contributed by atoms with Gasteiger partial charge >= 0.3 is 13.3 Å². The minimum Gasteiger partial charge on any atom is -0.405 e. The molecule has 2 rings (SSSR count). The quantitative estimate of drug-likeness (QED) is 0.743. The lowest BCUT2D eigenvalue weighted by molar-refractivity contribution is -0.140. The number of halogens is 3. The Morgan fingerprint density at radius 1 is 1.42 bits per heavy atom. The van der Waals surface area contributed by atoms with Gasteiger partial charge in [0.2, 0.25) is 5.95 Å². The normalized spacial score (nSPS) is 19.9. The van der Waals surface area contributed by atoms with E-state index in [2.05, 4.69) is 9.97 Å². The molecule has 104 valence electrons. The minimum absolute atomic E-state index is 0.0119. The van der Waals surface area contributed by atoms with Gasteiger partial charge in [0.1, 0.15) is 5.69 Å². The van der Waals surface area contributed by atoms with Crippen molar-refractivity contribution in [2.75, 3.05) is 25.6 Å². The first-order chi connectivity index (χ1) is 8.79. The van der Waals surface area contributed by atoms with Crippen LogP contribution in [-0.4, -0.2) is 43.9 Å². The van der Waals surface area contributed by atoms with E-state index in [-0.39, 0.29) is 24.1 Å². The van der Waals surface area contributed by atoms with Gasteiger partial charge < -0.3 is 14.2 Å². The average molecular weight is 275 g/mol. The Hall–Kier alpha value is -1.35. The number of alkyl halides is 3. The third-order valence-electron chi connectivity index (χ3n) is 2.57. The van der Waals surface area contributed by atoms with Crippen molar-refractivity contribution in [3.8, 4) is 0 Å². The van der Waals surface area contributed by atoms with E-state index in [1.165, 1.54) is 4.90 Å². The van der Waals surface area contributed by atoms with Crippen molar-refractivity contribution >= 4 is 18.5 Å². The molecule has 1 unspecified atom stereocenters. The van der Waals surface area contributed by atoms with Crippen LogP contribution in [0.2, 0.25) is 0 Å². The molecule has 0 aliphatic carbocycles. The van der Waals surface area contributed by atoms with Crippen LogP contribution in [0.4, 0.5) is 19.1 Å². The van der Waals surface area contributed by atoms with E-state index in [0.29, 0.717) is 0 Å². The van der Waals surface area contributed by atoms with Crippen LogP contribution in [0, 0.1) is 0 Å². The van der Waals surface area contributed by atoms with Gasteiger partial charge in [-0.25, -0.2) is 9.97 Å². The molecule has 2 heterocycles. The second-order valence-corrected chi connectivity index (χ2v) is 4.48. The summed E-state index contributed by atoms with van der Waals surface area (Å²) in [5, 5.41) is 0. The van der Waals surface area contributed by atoms with Crippen molar-refractivity contribution in [3.63, 3.8) is 0 Å². The number of hydrogen-bond donors (Lipinski definition) is 0. The molecular weight excluding hydrogens is 262 g/mol. The van der Waals surface area contributed by atoms with E-state index in [1.54, 1.807) is 21.0 Å². The van der Waals surface area contributed by atoms with E-state index in [1.807, 2.05) is 0 Å². The zero-order valence-electron chi connectivity index (χ0n) is 10.7. The molecule has 1 atom stereocenters. The van der Waals surface area contributed by atoms with Crippen LogP contribution in [-0.2, 0) is 15.5 Å². The van der Waals surface area contributed by atoms with Crippen LogP contribution in [0.1, 0.15) is 12.6 Å². The summed E-state index contributed by atoms with van der Waals surface area (Å²) in [4.78, 5) is 8.82. The smallest absolute Gasteiger partial charge is 0.405 e. The molecule has 0 bridgehead atoms. The highest BCUT2D eigenvalue weighted by Crippen LogP contribution is 2.28. The van der Waals surface area contributed by atoms with Crippen molar-refractivity contribution in [1.82, 2.24) is 9.97 Å². The number of hydrogen-bond acceptors (Lipinski definition) is 5. The maximum absolute atomic E-state index is 13.0. The summed E-state index contributed by atoms with van der Waals surface area (Å²) in [6.45, 7) is 1.97. The summed E-state index contributed by atoms with van der Waals surface area (Å²) >= 11 is 0. The molecule has 0 aromatic carbocycles. The fourth-order valence-electron chi connectivity index (χ4n) is 1.67. The molecule has 0 radical (unpaired) electrons. The van der Waals surface area contributed by atoms with Crippen LogP contribution in [0.15, 0.2) is 6.20 Å². The third-order valence-corrected chi connectivity index (χ3v) is 2.57. The molecule has 0 saturated carbocycles. The Labute approximate surface area is 108 Å². The maximum atomic E-state index is 13.0. The summed E-state index contributed by atoms with van der Waals surface area (Å²) in [5.74, 6) is -0.0119. The first-order valence-electron chi connectivity index (χ1n) is 5.67. The van der Waals surface area contributed by atoms with Crippen LogP contribution < -0.4 is 10.4 Å². The zero-order chi connectivity index (χ0) is 14.2. The van der Waals surface area contributed by atoms with Gasteiger partial charge in [0.15, 0.2) is 0 Å². The molecule has 19 heavy (non-hydrogen) atoms. The topological polar surface area (TPSA) is 47.5 Å². The third kappa shape index (κ3) is 2.98. The van der Waals surface area contributed by atoms with Gasteiger partial charge in [0, 0.05) is 25.8 Å². The largest absolute Gasteiger partial charge is 0.498 e. The highest BCUT2D eigenvalue weighted by Gasteiger charge is 2.43. The summed E-state index contributed by atoms with van der Waals surface area (Å²) in [6.07, 6.45) is -3.73. The first-order valence-corrected chi connectivity index (χ1v) is 5.67. The molecule has 1 fully saturated rings. The molecule has 1 aromatic rings. The van der Waals surface area contributed by atoms with Crippen LogP contribution in [0.25, 0.3) is 0 Å². The number of rotatable bonds is 2. The highest BCUT2D eigenvalue weighted by atomic mass is 19.4. The van der Waals surface area contributed by atoms with Gasteiger partial charge in [-0.3, -0.25) is 0 Å². The minimum atomic E-state index is -4.58. The van der Waals surface area contributed by atoms with Crippen molar-refractivity contribution in [2.24, 2.45) is 0 Å². The van der Waals surface area contributed by atoms with Crippen molar-refractivity contribution in [3.05, 3.63) is 11.9 Å². The zero-order valence-corrected chi connectivity index (χ0v) is 10.7. The molecule has 1 aliphatic rings. The standard InChI is InChI=1S/C10H13BF3N3O2/c1-6-5-18-11(19-6)7-4-15-9(17(2)3)16-8(7)10(12,13)14/h4,6H,5H2,1-3H3. The molecule has 0 amide bonds. The summed E-state index contributed by atoms with van der Waals surface area (Å²) in [7, 11) is 2.07. The molecule has 5 nitrogen and oxygen atoms in total. The van der Waals surface area contributed by atoms with Crippen LogP contribution in [0.3, 0.4) is 0 Å². The molecular formula is C10H13BF3N3O2. The first kappa shape index (κ1) is 14.1. The number of aromatic nitrogens is 2. The van der Waals surface area contributed by atoms with E-state index in [0.717, 1.165) is 6.20 Å². The van der Waals surface area contributed by atoms with Gasteiger partial charge in [-0.15, -0.1) is 0 Å². The van der Waals surface area contributed by atoms with Gasteiger partial charge in [-0.05, 0) is 6.92 Å². The average Bonchev–Trinajstić information content (AvgIpc) is 2.73. The Kier molecular flexibility index (Phi) is 3.68. The maximum Gasteiger partial charge on any atom is 0.498 e.